The minimum atomic E-state index is -0.443. The van der Waals surface area contributed by atoms with Crippen LogP contribution in [0.3, 0.4) is 0 Å². The Kier molecular flexibility index (Phi) is 6.22. The maximum absolute atomic E-state index is 12.5. The number of nitrogens with zero attached hydrogens (tertiary/aromatic N) is 2. The molecule has 0 aromatic heterocycles. The van der Waals surface area contributed by atoms with Crippen LogP contribution in [-0.2, 0) is 9.59 Å². The topological polar surface area (TPSA) is 80.5 Å². The molecule has 1 radical (unpaired) electrons. The number of hydrogen-bond donors (Lipinski definition) is 0. The van der Waals surface area contributed by atoms with E-state index >= 15 is 0 Å². The van der Waals surface area contributed by atoms with E-state index in [1.807, 2.05) is 38.1 Å². The third-order valence-corrected chi connectivity index (χ3v) is 5.08. The maximum Gasteiger partial charge on any atom is 0.285 e. The smallest absolute Gasteiger partial charge is 0.285 e. The van der Waals surface area contributed by atoms with Crippen LogP contribution in [0.25, 0.3) is 17.2 Å². The van der Waals surface area contributed by atoms with Gasteiger partial charge in [-0.3, -0.25) is 19.7 Å². The molecule has 6 nitrogen and oxygen atoms in total. The summed E-state index contributed by atoms with van der Waals surface area (Å²) in [5.41, 5.74) is 2.69. The number of benzene rings is 2. The third kappa shape index (κ3) is 4.59. The molecular weight excluding hydrogens is 368 g/mol. The van der Waals surface area contributed by atoms with Gasteiger partial charge in [-0.05, 0) is 34.8 Å². The first-order valence-electron chi connectivity index (χ1n) is 9.65. The highest BCUT2D eigenvalue weighted by molar-refractivity contribution is 5.95. The standard InChI is InChI=1S/C23H23N2O4/c1-16(2)19-7-3-4-8-20(19)23-17(6-5-9-21(23)25(28)29)10-11-22(27)24-14-12-18(26)13-15-24/h3-8,10-11,16H,12-15H2,1-2H3/b11-10+. The fourth-order valence-electron chi connectivity index (χ4n) is 3.54. The molecule has 1 heterocycles. The molecule has 1 fully saturated rings. The van der Waals surface area contributed by atoms with E-state index in [0.29, 0.717) is 37.1 Å². The first kappa shape index (κ1) is 20.5. The average molecular weight is 391 g/mol. The van der Waals surface area contributed by atoms with E-state index in [4.69, 9.17) is 0 Å². The number of ketones is 1. The van der Waals surface area contributed by atoms with Crippen molar-refractivity contribution in [3.8, 4) is 11.1 Å². The first-order valence-corrected chi connectivity index (χ1v) is 9.65. The third-order valence-electron chi connectivity index (χ3n) is 5.08. The van der Waals surface area contributed by atoms with Gasteiger partial charge in [-0.25, -0.2) is 0 Å². The molecule has 3 rings (SSSR count). The Bertz CT molecular complexity index is 969. The van der Waals surface area contributed by atoms with E-state index in [1.165, 1.54) is 12.1 Å². The number of hydrogen-bond acceptors (Lipinski definition) is 4. The summed E-state index contributed by atoms with van der Waals surface area (Å²) >= 11 is 0. The van der Waals surface area contributed by atoms with Crippen molar-refractivity contribution in [2.75, 3.05) is 13.1 Å². The number of carbonyl (C=O) groups excluding carboxylic acids is 2. The number of Topliss-reactive ketones (excluding diaryl/α,β-unsaturated/α-hetero) is 1. The Morgan fingerprint density at radius 2 is 1.90 bits per heavy atom. The van der Waals surface area contributed by atoms with Crippen molar-refractivity contribution in [2.24, 2.45) is 0 Å². The molecule has 1 aliphatic rings. The molecule has 0 spiro atoms. The van der Waals surface area contributed by atoms with Crippen molar-refractivity contribution < 1.29 is 14.5 Å². The van der Waals surface area contributed by atoms with Gasteiger partial charge in [0, 0.05) is 32.0 Å². The predicted octanol–water partition coefficient (Wildman–Crippen LogP) is 4.39. The van der Waals surface area contributed by atoms with E-state index < -0.39 is 4.92 Å². The molecule has 6 heteroatoms. The van der Waals surface area contributed by atoms with Crippen LogP contribution in [0.2, 0.25) is 0 Å². The number of carbonyl (C=O) groups is 2. The fourth-order valence-corrected chi connectivity index (χ4v) is 3.54. The molecular formula is C23H23N2O4. The minimum Gasteiger partial charge on any atom is -0.338 e. The van der Waals surface area contributed by atoms with Crippen LogP contribution < -0.4 is 0 Å². The predicted molar refractivity (Wildman–Crippen MR) is 111 cm³/mol. The van der Waals surface area contributed by atoms with Crippen molar-refractivity contribution in [3.63, 3.8) is 0 Å². The molecule has 2 aromatic carbocycles. The normalized spacial score (nSPS) is 14.6. The number of piperidine rings is 1. The van der Waals surface area contributed by atoms with Crippen molar-refractivity contribution >= 4 is 23.5 Å². The van der Waals surface area contributed by atoms with Crippen LogP contribution in [-0.4, -0.2) is 34.6 Å². The van der Waals surface area contributed by atoms with Gasteiger partial charge in [0.2, 0.25) is 5.91 Å². The first-order chi connectivity index (χ1) is 13.9. The Morgan fingerprint density at radius 1 is 1.21 bits per heavy atom. The Balaban J connectivity index is 2.02. The van der Waals surface area contributed by atoms with Gasteiger partial charge in [-0.15, -0.1) is 0 Å². The van der Waals surface area contributed by atoms with Gasteiger partial charge in [-0.1, -0.05) is 44.2 Å². The lowest BCUT2D eigenvalue weighted by molar-refractivity contribution is -0.384. The second kappa shape index (κ2) is 8.82. The molecule has 0 aliphatic carbocycles. The molecule has 29 heavy (non-hydrogen) atoms. The summed E-state index contributed by atoms with van der Waals surface area (Å²) in [7, 11) is 0. The van der Waals surface area contributed by atoms with Crippen molar-refractivity contribution in [2.45, 2.75) is 32.6 Å². The lowest BCUT2D eigenvalue weighted by Gasteiger charge is -2.24. The van der Waals surface area contributed by atoms with Gasteiger partial charge in [0.1, 0.15) is 5.78 Å². The van der Waals surface area contributed by atoms with Gasteiger partial charge in [0.15, 0.2) is 0 Å². The number of amides is 1. The van der Waals surface area contributed by atoms with Crippen LogP contribution in [0.15, 0.2) is 42.5 Å². The Morgan fingerprint density at radius 3 is 2.55 bits per heavy atom. The quantitative estimate of drug-likeness (QED) is 0.430. The summed E-state index contributed by atoms with van der Waals surface area (Å²) in [6.07, 6.45) is 3.79. The molecule has 0 bridgehead atoms. The molecule has 1 aliphatic heterocycles. The lowest BCUT2D eigenvalue weighted by Crippen LogP contribution is -2.37. The number of rotatable bonds is 5. The maximum atomic E-state index is 12.5. The molecule has 149 valence electrons. The number of nitro benzene ring substituents is 1. The summed E-state index contributed by atoms with van der Waals surface area (Å²) in [6.45, 7) is 4.89. The molecule has 0 saturated carbocycles. The zero-order valence-corrected chi connectivity index (χ0v) is 16.6. The molecule has 0 atom stereocenters. The van der Waals surface area contributed by atoms with Gasteiger partial charge in [0.05, 0.1) is 16.6 Å². The molecule has 1 saturated heterocycles. The summed E-state index contributed by atoms with van der Waals surface area (Å²) in [5.74, 6) is 0.145. The number of nitro groups is 1. The molecule has 2 aromatic rings. The van der Waals surface area contributed by atoms with Gasteiger partial charge < -0.3 is 4.90 Å². The second-order valence-electron chi connectivity index (χ2n) is 7.35. The average Bonchev–Trinajstić information content (AvgIpc) is 2.72. The zero-order valence-electron chi connectivity index (χ0n) is 16.6. The van der Waals surface area contributed by atoms with Gasteiger partial charge in [0.25, 0.3) is 5.69 Å². The minimum absolute atomic E-state index is 0.115. The Hall–Kier alpha value is -3.28. The van der Waals surface area contributed by atoms with E-state index in [0.717, 1.165) is 11.1 Å². The van der Waals surface area contributed by atoms with Crippen LogP contribution >= 0.6 is 0 Å². The molecule has 0 N–H and O–H groups in total. The summed E-state index contributed by atoms with van der Waals surface area (Å²) in [6, 6.07) is 13.5. The summed E-state index contributed by atoms with van der Waals surface area (Å²) < 4.78 is 0. The Labute approximate surface area is 170 Å². The largest absolute Gasteiger partial charge is 0.338 e. The van der Waals surface area contributed by atoms with Crippen LogP contribution in [0.1, 0.15) is 43.7 Å². The van der Waals surface area contributed by atoms with Crippen LogP contribution in [0, 0.1) is 16.2 Å². The van der Waals surface area contributed by atoms with E-state index in [1.54, 1.807) is 17.0 Å². The summed E-state index contributed by atoms with van der Waals surface area (Å²) in [5, 5.41) is 11.7. The highest BCUT2D eigenvalue weighted by Crippen LogP contribution is 2.38. The lowest BCUT2D eigenvalue weighted by atomic mass is 9.89. The summed E-state index contributed by atoms with van der Waals surface area (Å²) in [4.78, 5) is 36.8. The molecule has 0 unspecified atom stereocenters. The van der Waals surface area contributed by atoms with Crippen LogP contribution in [0.5, 0.6) is 0 Å². The SMILES string of the molecule is CC(C)c1ccccc1-c1c([N+](=O)[O-])[c]ccc1/C=C/C(=O)N1CCC(=O)CC1. The van der Waals surface area contributed by atoms with E-state index in [9.17, 15) is 19.7 Å². The van der Waals surface area contributed by atoms with Crippen molar-refractivity contribution in [1.82, 2.24) is 4.90 Å². The van der Waals surface area contributed by atoms with E-state index in [-0.39, 0.29) is 23.3 Å². The van der Waals surface area contributed by atoms with Gasteiger partial charge >= 0.3 is 0 Å². The van der Waals surface area contributed by atoms with Crippen molar-refractivity contribution in [1.29, 1.82) is 0 Å². The van der Waals surface area contributed by atoms with Crippen molar-refractivity contribution in [3.05, 3.63) is 69.8 Å². The van der Waals surface area contributed by atoms with Crippen LogP contribution in [0.4, 0.5) is 5.69 Å². The number of likely N-dealkylation sites (tertiary alicyclic amines) is 1. The zero-order chi connectivity index (χ0) is 21.0. The van der Waals surface area contributed by atoms with E-state index in [2.05, 4.69) is 6.07 Å². The highest BCUT2D eigenvalue weighted by atomic mass is 16.6. The monoisotopic (exact) mass is 391 g/mol. The second-order valence-corrected chi connectivity index (χ2v) is 7.35. The molecule has 1 amide bonds. The fraction of sp³-hybridized carbons (Fsp3) is 0.304. The van der Waals surface area contributed by atoms with Gasteiger partial charge in [-0.2, -0.15) is 0 Å². The highest BCUT2D eigenvalue weighted by Gasteiger charge is 2.22.